The molecule has 0 spiro atoms. The first-order valence-electron chi connectivity index (χ1n) is 8.44. The van der Waals surface area contributed by atoms with E-state index in [2.05, 4.69) is 38.5 Å². The zero-order valence-corrected chi connectivity index (χ0v) is 13.5. The first-order valence-corrected chi connectivity index (χ1v) is 8.44. The lowest BCUT2D eigenvalue weighted by molar-refractivity contribution is 0.445. The van der Waals surface area contributed by atoms with Crippen molar-refractivity contribution in [2.45, 2.75) is 31.8 Å². The third-order valence-corrected chi connectivity index (χ3v) is 4.51. The summed E-state index contributed by atoms with van der Waals surface area (Å²) in [4.78, 5) is 13.5. The fourth-order valence-corrected chi connectivity index (χ4v) is 3.25. The Bertz CT molecular complexity index is 799. The highest BCUT2D eigenvalue weighted by atomic mass is 15.0. The van der Waals surface area contributed by atoms with Gasteiger partial charge in [-0.3, -0.25) is 15.0 Å². The fraction of sp³-hybridized carbons (Fsp3) is 0.250. The topological polar surface area (TPSA) is 50.7 Å². The Morgan fingerprint density at radius 3 is 2.75 bits per heavy atom. The first-order chi connectivity index (χ1) is 11.9. The van der Waals surface area contributed by atoms with Gasteiger partial charge in [0, 0.05) is 30.7 Å². The van der Waals surface area contributed by atoms with Crippen molar-refractivity contribution in [1.82, 2.24) is 20.3 Å². The van der Waals surface area contributed by atoms with Gasteiger partial charge in [0.25, 0.3) is 0 Å². The van der Waals surface area contributed by atoms with E-state index in [0.29, 0.717) is 6.04 Å². The molecular weight excluding hydrogens is 296 g/mol. The van der Waals surface area contributed by atoms with E-state index in [1.807, 2.05) is 36.7 Å². The molecule has 3 aromatic rings. The van der Waals surface area contributed by atoms with Crippen LogP contribution in [0.5, 0.6) is 0 Å². The van der Waals surface area contributed by atoms with Crippen molar-refractivity contribution >= 4 is 0 Å². The van der Waals surface area contributed by atoms with E-state index >= 15 is 0 Å². The summed E-state index contributed by atoms with van der Waals surface area (Å²) < 4.78 is 0. The van der Waals surface area contributed by atoms with Crippen LogP contribution in [0.2, 0.25) is 0 Å². The number of hydrogen-bond acceptors (Lipinski definition) is 4. The van der Waals surface area contributed by atoms with Crippen LogP contribution >= 0.6 is 0 Å². The molecule has 3 heterocycles. The summed E-state index contributed by atoms with van der Waals surface area (Å²) >= 11 is 0. The predicted octanol–water partition coefficient (Wildman–Crippen LogP) is 3.71. The number of aromatic nitrogens is 3. The molecule has 1 aliphatic carbocycles. The van der Waals surface area contributed by atoms with Crippen LogP contribution < -0.4 is 5.32 Å². The van der Waals surface area contributed by atoms with Crippen molar-refractivity contribution in [3.8, 4) is 11.3 Å². The van der Waals surface area contributed by atoms with E-state index in [9.17, 15) is 0 Å². The molecule has 0 saturated carbocycles. The second kappa shape index (κ2) is 6.89. The smallest absolute Gasteiger partial charge is 0.0717 e. The largest absolute Gasteiger partial charge is 0.303 e. The molecule has 4 nitrogen and oxygen atoms in total. The summed E-state index contributed by atoms with van der Waals surface area (Å²) in [5.74, 6) is 0. The number of hydrogen-bond donors (Lipinski definition) is 1. The molecule has 0 bridgehead atoms. The van der Waals surface area contributed by atoms with Crippen LogP contribution in [0.3, 0.4) is 0 Å². The number of rotatable bonds is 4. The molecule has 0 saturated heterocycles. The fourth-order valence-electron chi connectivity index (χ4n) is 3.25. The van der Waals surface area contributed by atoms with Crippen LogP contribution in [0.1, 0.15) is 35.8 Å². The summed E-state index contributed by atoms with van der Waals surface area (Å²) in [6.45, 7) is 0.753. The molecule has 24 heavy (non-hydrogen) atoms. The molecule has 1 N–H and O–H groups in total. The van der Waals surface area contributed by atoms with E-state index < -0.39 is 0 Å². The molecule has 1 aliphatic rings. The van der Waals surface area contributed by atoms with Crippen LogP contribution in [0.25, 0.3) is 11.3 Å². The van der Waals surface area contributed by atoms with Crippen LogP contribution in [-0.4, -0.2) is 15.0 Å². The van der Waals surface area contributed by atoms with Crippen molar-refractivity contribution in [1.29, 1.82) is 0 Å². The average Bonchev–Trinajstić information content (AvgIpc) is 2.67. The highest BCUT2D eigenvalue weighted by Gasteiger charge is 2.20. The van der Waals surface area contributed by atoms with Crippen LogP contribution in [-0.2, 0) is 13.0 Å². The summed E-state index contributed by atoms with van der Waals surface area (Å²) in [5.41, 5.74) is 5.62. The Kier molecular flexibility index (Phi) is 4.30. The minimum atomic E-state index is 0.326. The maximum atomic E-state index is 4.58. The molecular formula is C20H20N4. The molecule has 0 aliphatic heterocycles. The molecule has 120 valence electrons. The summed E-state index contributed by atoms with van der Waals surface area (Å²) in [6.07, 6.45) is 9.07. The molecule has 4 rings (SSSR count). The van der Waals surface area contributed by atoms with E-state index in [0.717, 1.165) is 36.3 Å². The molecule has 3 aromatic heterocycles. The van der Waals surface area contributed by atoms with Crippen LogP contribution in [0, 0.1) is 0 Å². The highest BCUT2D eigenvalue weighted by Crippen LogP contribution is 2.27. The maximum absolute atomic E-state index is 4.58. The average molecular weight is 316 g/mol. The molecule has 0 radical (unpaired) electrons. The molecule has 0 fully saturated rings. The zero-order chi connectivity index (χ0) is 16.2. The van der Waals surface area contributed by atoms with Gasteiger partial charge < -0.3 is 5.32 Å². The Morgan fingerprint density at radius 2 is 1.92 bits per heavy atom. The number of pyridine rings is 3. The lowest BCUT2D eigenvalue weighted by atomic mass is 9.92. The Balaban J connectivity index is 1.44. The van der Waals surface area contributed by atoms with Gasteiger partial charge in [0.2, 0.25) is 0 Å². The van der Waals surface area contributed by atoms with Crippen molar-refractivity contribution in [2.75, 3.05) is 0 Å². The van der Waals surface area contributed by atoms with Gasteiger partial charge in [0.1, 0.15) is 0 Å². The Hall–Kier alpha value is -2.59. The minimum absolute atomic E-state index is 0.326. The van der Waals surface area contributed by atoms with Gasteiger partial charge in [-0.2, -0.15) is 0 Å². The monoisotopic (exact) mass is 316 g/mol. The summed E-state index contributed by atoms with van der Waals surface area (Å²) in [5, 5.41) is 3.61. The normalized spacial score (nSPS) is 16.6. The van der Waals surface area contributed by atoms with Gasteiger partial charge in [-0.1, -0.05) is 12.1 Å². The Labute approximate surface area is 142 Å². The summed E-state index contributed by atoms with van der Waals surface area (Å²) in [6, 6.07) is 14.6. The molecule has 4 heteroatoms. The van der Waals surface area contributed by atoms with Crippen LogP contribution in [0.15, 0.2) is 61.1 Å². The van der Waals surface area contributed by atoms with Crippen LogP contribution in [0.4, 0.5) is 0 Å². The predicted molar refractivity (Wildman–Crippen MR) is 94.2 cm³/mol. The maximum Gasteiger partial charge on any atom is 0.0717 e. The van der Waals surface area contributed by atoms with E-state index in [1.165, 1.54) is 17.7 Å². The summed E-state index contributed by atoms with van der Waals surface area (Å²) in [7, 11) is 0. The van der Waals surface area contributed by atoms with Gasteiger partial charge in [-0.15, -0.1) is 0 Å². The lowest BCUT2D eigenvalue weighted by Crippen LogP contribution is -2.26. The van der Waals surface area contributed by atoms with Crippen molar-refractivity contribution in [3.05, 3.63) is 78.0 Å². The van der Waals surface area contributed by atoms with E-state index in [-0.39, 0.29) is 0 Å². The first kappa shape index (κ1) is 15.0. The number of nitrogens with one attached hydrogen (secondary N) is 1. The van der Waals surface area contributed by atoms with Gasteiger partial charge in [-0.25, -0.2) is 0 Å². The van der Waals surface area contributed by atoms with Gasteiger partial charge in [0.05, 0.1) is 23.1 Å². The second-order valence-corrected chi connectivity index (χ2v) is 6.13. The molecule has 1 atom stereocenters. The number of nitrogens with zero attached hydrogens (tertiary/aromatic N) is 3. The Morgan fingerprint density at radius 1 is 0.958 bits per heavy atom. The number of aryl methyl sites for hydroxylation is 1. The van der Waals surface area contributed by atoms with E-state index in [1.54, 1.807) is 6.20 Å². The second-order valence-electron chi connectivity index (χ2n) is 6.13. The minimum Gasteiger partial charge on any atom is -0.303 e. The SMILES string of the molecule is c1ccc(-c2ccc(CNC3CCCc4cccnc43)nc2)nc1. The highest BCUT2D eigenvalue weighted by molar-refractivity contribution is 5.57. The molecule has 0 amide bonds. The third-order valence-electron chi connectivity index (χ3n) is 4.51. The standard InChI is InChI=1S/C20H20N4/c1-2-11-21-18(7-1)16-9-10-17(23-13-16)14-24-19-8-3-5-15-6-4-12-22-20(15)19/h1-2,4,6-7,9-13,19,24H,3,5,8,14H2. The zero-order valence-electron chi connectivity index (χ0n) is 13.5. The van der Waals surface area contributed by atoms with Crippen molar-refractivity contribution < 1.29 is 0 Å². The van der Waals surface area contributed by atoms with Gasteiger partial charge in [0.15, 0.2) is 0 Å². The molecule has 1 unspecified atom stereocenters. The molecule has 0 aromatic carbocycles. The van der Waals surface area contributed by atoms with E-state index in [4.69, 9.17) is 0 Å². The third kappa shape index (κ3) is 3.19. The quantitative estimate of drug-likeness (QED) is 0.797. The number of fused-ring (bicyclic) bond motifs is 1. The van der Waals surface area contributed by atoms with Crippen molar-refractivity contribution in [3.63, 3.8) is 0 Å². The van der Waals surface area contributed by atoms with Gasteiger partial charge in [-0.05, 0) is 55.2 Å². The van der Waals surface area contributed by atoms with Crippen molar-refractivity contribution in [2.24, 2.45) is 0 Å². The lowest BCUT2D eigenvalue weighted by Gasteiger charge is -2.25. The van der Waals surface area contributed by atoms with Gasteiger partial charge >= 0.3 is 0 Å².